The molecule has 0 spiro atoms. The fourth-order valence-corrected chi connectivity index (χ4v) is 3.29. The number of benzene rings is 1. The monoisotopic (exact) mass is 387 g/mol. The van der Waals surface area contributed by atoms with Crippen LogP contribution in [0.4, 0.5) is 0 Å². The minimum absolute atomic E-state index is 0.163. The maximum absolute atomic E-state index is 13.0. The van der Waals surface area contributed by atoms with Gasteiger partial charge in [-0.15, -0.1) is 0 Å². The van der Waals surface area contributed by atoms with Crippen molar-refractivity contribution in [2.45, 2.75) is 19.9 Å². The van der Waals surface area contributed by atoms with Gasteiger partial charge in [-0.1, -0.05) is 30.3 Å². The van der Waals surface area contributed by atoms with Gasteiger partial charge in [0.25, 0.3) is 11.5 Å². The van der Waals surface area contributed by atoms with Crippen LogP contribution in [0.3, 0.4) is 0 Å². The smallest absolute Gasteiger partial charge is 0.260 e. The molecule has 0 bridgehead atoms. The van der Waals surface area contributed by atoms with Crippen molar-refractivity contribution in [3.8, 4) is 0 Å². The molecule has 3 heterocycles. The number of nitrogens with zero attached hydrogens (tertiary/aromatic N) is 2. The van der Waals surface area contributed by atoms with Gasteiger partial charge in [0, 0.05) is 19.2 Å². The molecule has 0 saturated heterocycles. The molecule has 146 valence electrons. The lowest BCUT2D eigenvalue weighted by Gasteiger charge is -2.10. The first kappa shape index (κ1) is 18.7. The lowest BCUT2D eigenvalue weighted by atomic mass is 10.1. The maximum atomic E-state index is 13.0. The van der Waals surface area contributed by atoms with Crippen LogP contribution < -0.4 is 10.9 Å². The molecule has 6 nitrogen and oxygen atoms in total. The highest BCUT2D eigenvalue weighted by Crippen LogP contribution is 2.14. The number of hydrogen-bond donors (Lipinski definition) is 1. The van der Waals surface area contributed by atoms with Gasteiger partial charge in [-0.05, 0) is 36.8 Å². The van der Waals surface area contributed by atoms with Crippen molar-refractivity contribution in [1.29, 1.82) is 0 Å². The predicted octanol–water partition coefficient (Wildman–Crippen LogP) is 3.32. The number of aromatic nitrogens is 2. The number of carbonyl (C=O) groups is 1. The van der Waals surface area contributed by atoms with E-state index in [1.807, 2.05) is 48.5 Å². The van der Waals surface area contributed by atoms with E-state index < -0.39 is 0 Å². The lowest BCUT2D eigenvalue weighted by molar-refractivity contribution is 0.0953. The van der Waals surface area contributed by atoms with Crippen LogP contribution in [0.1, 0.15) is 27.4 Å². The zero-order valence-electron chi connectivity index (χ0n) is 16.1. The third-order valence-corrected chi connectivity index (χ3v) is 4.82. The molecule has 0 aliphatic heterocycles. The van der Waals surface area contributed by atoms with Gasteiger partial charge < -0.3 is 14.3 Å². The molecule has 1 aromatic carbocycles. The number of pyridine rings is 2. The van der Waals surface area contributed by atoms with Crippen LogP contribution in [0.25, 0.3) is 10.9 Å². The van der Waals surface area contributed by atoms with E-state index in [4.69, 9.17) is 4.42 Å². The summed E-state index contributed by atoms with van der Waals surface area (Å²) in [4.78, 5) is 30.1. The lowest BCUT2D eigenvalue weighted by Crippen LogP contribution is -2.27. The van der Waals surface area contributed by atoms with Crippen molar-refractivity contribution < 1.29 is 9.21 Å². The van der Waals surface area contributed by atoms with Crippen LogP contribution in [0.15, 0.2) is 76.3 Å². The van der Waals surface area contributed by atoms with Gasteiger partial charge >= 0.3 is 0 Å². The van der Waals surface area contributed by atoms with Crippen LogP contribution in [0, 0.1) is 6.92 Å². The number of furan rings is 1. The van der Waals surface area contributed by atoms with Gasteiger partial charge in [-0.2, -0.15) is 0 Å². The maximum Gasteiger partial charge on any atom is 0.260 e. The molecule has 0 fully saturated rings. The molecular formula is C23H21N3O3. The highest BCUT2D eigenvalue weighted by molar-refractivity contribution is 5.98. The van der Waals surface area contributed by atoms with Crippen molar-refractivity contribution in [2.24, 2.45) is 0 Å². The Hall–Kier alpha value is -3.67. The molecule has 0 saturated carbocycles. The molecular weight excluding hydrogens is 366 g/mol. The Morgan fingerprint density at radius 2 is 1.97 bits per heavy atom. The molecule has 6 heteroatoms. The van der Waals surface area contributed by atoms with E-state index >= 15 is 0 Å². The van der Waals surface area contributed by atoms with E-state index in [1.165, 1.54) is 0 Å². The summed E-state index contributed by atoms with van der Waals surface area (Å²) >= 11 is 0. The molecule has 0 atom stereocenters. The Balaban J connectivity index is 1.59. The summed E-state index contributed by atoms with van der Waals surface area (Å²) in [7, 11) is 0. The second kappa shape index (κ2) is 8.14. The second-order valence-electron chi connectivity index (χ2n) is 6.87. The van der Waals surface area contributed by atoms with E-state index in [2.05, 4.69) is 10.3 Å². The number of aryl methyl sites for hydroxylation is 1. The quantitative estimate of drug-likeness (QED) is 0.551. The molecule has 3 aromatic heterocycles. The number of nitrogens with one attached hydrogen (secondary N) is 1. The van der Waals surface area contributed by atoms with Crippen LogP contribution in [-0.2, 0) is 13.0 Å². The number of amides is 1. The van der Waals surface area contributed by atoms with Crippen molar-refractivity contribution >= 4 is 16.8 Å². The van der Waals surface area contributed by atoms with Crippen LogP contribution in [-0.4, -0.2) is 22.0 Å². The minimum atomic E-state index is -0.249. The van der Waals surface area contributed by atoms with E-state index in [-0.39, 0.29) is 11.5 Å². The standard InChI is InChI=1S/C23H21N3O3/c1-16-19(22(27)24-11-9-18-8-5-13-29-18)14-20-21(25-16)10-12-26(23(20)28)15-17-6-3-2-4-7-17/h2-8,10,12-14H,9,11,15H2,1H3,(H,24,27). The zero-order chi connectivity index (χ0) is 20.2. The van der Waals surface area contributed by atoms with E-state index in [9.17, 15) is 9.59 Å². The van der Waals surface area contributed by atoms with Gasteiger partial charge in [-0.3, -0.25) is 14.6 Å². The predicted molar refractivity (Wildman–Crippen MR) is 111 cm³/mol. The first-order valence-corrected chi connectivity index (χ1v) is 9.47. The average molecular weight is 387 g/mol. The van der Waals surface area contributed by atoms with Crippen LogP contribution in [0.5, 0.6) is 0 Å². The summed E-state index contributed by atoms with van der Waals surface area (Å²) in [5, 5.41) is 3.30. The molecule has 0 aliphatic carbocycles. The SMILES string of the molecule is Cc1nc2ccn(Cc3ccccc3)c(=O)c2cc1C(=O)NCCc1ccco1. The second-order valence-corrected chi connectivity index (χ2v) is 6.87. The van der Waals surface area contributed by atoms with Gasteiger partial charge in [-0.25, -0.2) is 0 Å². The first-order chi connectivity index (χ1) is 14.1. The van der Waals surface area contributed by atoms with Crippen molar-refractivity contribution in [2.75, 3.05) is 6.54 Å². The van der Waals surface area contributed by atoms with E-state index in [0.29, 0.717) is 41.7 Å². The summed E-state index contributed by atoms with van der Waals surface area (Å²) in [5.74, 6) is 0.559. The van der Waals surface area contributed by atoms with Crippen molar-refractivity contribution in [3.63, 3.8) is 0 Å². The van der Waals surface area contributed by atoms with Crippen molar-refractivity contribution in [3.05, 3.63) is 100.0 Å². The Labute approximate surface area is 167 Å². The number of fused-ring (bicyclic) bond motifs is 1. The molecule has 0 aliphatic rings. The third-order valence-electron chi connectivity index (χ3n) is 4.82. The first-order valence-electron chi connectivity index (χ1n) is 9.47. The third kappa shape index (κ3) is 4.11. The summed E-state index contributed by atoms with van der Waals surface area (Å²) in [6.07, 6.45) is 3.95. The van der Waals surface area contributed by atoms with Crippen LogP contribution in [0.2, 0.25) is 0 Å². The molecule has 4 aromatic rings. The van der Waals surface area contributed by atoms with Gasteiger partial charge in [0.05, 0.1) is 35.0 Å². The molecule has 1 amide bonds. The average Bonchev–Trinajstić information content (AvgIpc) is 3.24. The molecule has 0 unspecified atom stereocenters. The number of rotatable bonds is 6. The molecule has 4 rings (SSSR count). The largest absolute Gasteiger partial charge is 0.469 e. The summed E-state index contributed by atoms with van der Waals surface area (Å²) < 4.78 is 6.90. The summed E-state index contributed by atoms with van der Waals surface area (Å²) in [5.41, 5.74) is 2.46. The zero-order valence-corrected chi connectivity index (χ0v) is 16.1. The fourth-order valence-electron chi connectivity index (χ4n) is 3.29. The molecule has 0 radical (unpaired) electrons. The molecule has 29 heavy (non-hydrogen) atoms. The summed E-state index contributed by atoms with van der Waals surface area (Å²) in [6, 6.07) is 16.9. The van der Waals surface area contributed by atoms with Crippen molar-refractivity contribution in [1.82, 2.24) is 14.9 Å². The highest BCUT2D eigenvalue weighted by atomic mass is 16.3. The topological polar surface area (TPSA) is 77.1 Å². The minimum Gasteiger partial charge on any atom is -0.469 e. The Bertz CT molecular complexity index is 1200. The van der Waals surface area contributed by atoms with Crippen LogP contribution >= 0.6 is 0 Å². The normalized spacial score (nSPS) is 10.9. The summed E-state index contributed by atoms with van der Waals surface area (Å²) in [6.45, 7) is 2.68. The number of hydrogen-bond acceptors (Lipinski definition) is 4. The highest BCUT2D eigenvalue weighted by Gasteiger charge is 2.14. The fraction of sp³-hybridized carbons (Fsp3) is 0.174. The van der Waals surface area contributed by atoms with Gasteiger partial charge in [0.15, 0.2) is 0 Å². The van der Waals surface area contributed by atoms with Gasteiger partial charge in [0.1, 0.15) is 5.76 Å². The molecule has 1 N–H and O–H groups in total. The van der Waals surface area contributed by atoms with Gasteiger partial charge in [0.2, 0.25) is 0 Å². The Morgan fingerprint density at radius 1 is 1.14 bits per heavy atom. The van der Waals surface area contributed by atoms with E-state index in [0.717, 1.165) is 11.3 Å². The number of carbonyl (C=O) groups excluding carboxylic acids is 1. The Kier molecular flexibility index (Phi) is 5.24. The van der Waals surface area contributed by atoms with E-state index in [1.54, 1.807) is 30.0 Å². The Morgan fingerprint density at radius 3 is 2.72 bits per heavy atom.